The molecule has 1 N–H and O–H groups in total. The van der Waals surface area contributed by atoms with E-state index >= 15 is 0 Å². The number of Topliss-reactive ketones (excluding diaryl/α,β-unsaturated/α-hetero) is 1. The molecule has 2 unspecified atom stereocenters. The molecule has 0 heterocycles. The van der Waals surface area contributed by atoms with Gasteiger partial charge < -0.3 is 5.11 Å². The van der Waals surface area contributed by atoms with Crippen LogP contribution in [0.4, 0.5) is 0 Å². The fraction of sp³-hybridized carbons (Fsp3) is 0.938. The van der Waals surface area contributed by atoms with E-state index in [9.17, 15) is 4.79 Å². The van der Waals surface area contributed by atoms with Crippen molar-refractivity contribution < 1.29 is 9.90 Å². The van der Waals surface area contributed by atoms with Gasteiger partial charge in [0.05, 0.1) is 0 Å². The Labute approximate surface area is 123 Å². The highest BCUT2D eigenvalue weighted by Crippen LogP contribution is 2.12. The van der Waals surface area contributed by atoms with Gasteiger partial charge in [0.2, 0.25) is 0 Å². The number of unbranched alkanes of at least 4 members (excludes halogenated alkanes) is 10. The molecule has 0 aromatic heterocycles. The summed E-state index contributed by atoms with van der Waals surface area (Å²) in [7, 11) is 0. The Morgan fingerprint density at radius 3 is 1.58 bits per heavy atom. The first-order valence-electron chi connectivity index (χ1n) is 7.89. The summed E-state index contributed by atoms with van der Waals surface area (Å²) in [4.78, 5) is 11.2. The van der Waals surface area contributed by atoms with Crippen LogP contribution < -0.4 is 0 Å². The second-order valence-corrected chi connectivity index (χ2v) is 5.43. The lowest BCUT2D eigenvalue weighted by Crippen LogP contribution is -2.15. The Balaban J connectivity index is 0. The third kappa shape index (κ3) is 16.0. The van der Waals surface area contributed by atoms with Crippen LogP contribution in [0.2, 0.25) is 0 Å². The normalized spacial score (nSPS) is 11.9. The van der Waals surface area contributed by atoms with Gasteiger partial charge in [-0.15, -0.1) is 0 Å². The van der Waals surface area contributed by atoms with Crippen LogP contribution in [0.1, 0.15) is 90.9 Å². The molecule has 0 amide bonds. The number of aliphatic hydroxyl groups excluding tert-OH is 1. The van der Waals surface area contributed by atoms with Gasteiger partial charge >= 0.3 is 0 Å². The SMILES string of the molecule is CCCCCCCCCCCCCC(=O)C(C)O.P. The maximum atomic E-state index is 11.2. The van der Waals surface area contributed by atoms with Crippen LogP contribution in [0.3, 0.4) is 0 Å². The molecule has 3 heteroatoms. The smallest absolute Gasteiger partial charge is 0.160 e. The highest BCUT2D eigenvalue weighted by atomic mass is 31.0. The van der Waals surface area contributed by atoms with Crippen LogP contribution in [0.15, 0.2) is 0 Å². The molecule has 116 valence electrons. The summed E-state index contributed by atoms with van der Waals surface area (Å²) in [5.74, 6) is -0.00840. The molecular formula is C16H35O2P. The summed E-state index contributed by atoms with van der Waals surface area (Å²) >= 11 is 0. The molecule has 2 atom stereocenters. The highest BCUT2D eigenvalue weighted by Gasteiger charge is 2.07. The Kier molecular flexibility index (Phi) is 18.1. The fourth-order valence-electron chi connectivity index (χ4n) is 2.17. The number of carbonyl (C=O) groups excluding carboxylic acids is 1. The largest absolute Gasteiger partial charge is 0.386 e. The molecule has 0 aliphatic rings. The summed E-state index contributed by atoms with van der Waals surface area (Å²) in [6.07, 6.45) is 14.0. The van der Waals surface area contributed by atoms with Crippen molar-refractivity contribution >= 4 is 15.7 Å². The van der Waals surface area contributed by atoms with E-state index < -0.39 is 6.10 Å². The van der Waals surface area contributed by atoms with Crippen LogP contribution in [0.25, 0.3) is 0 Å². The van der Waals surface area contributed by atoms with Crippen molar-refractivity contribution in [1.29, 1.82) is 0 Å². The van der Waals surface area contributed by atoms with E-state index in [2.05, 4.69) is 6.92 Å². The number of ketones is 1. The Hall–Kier alpha value is 0.0600. The zero-order valence-electron chi connectivity index (χ0n) is 13.1. The lowest BCUT2D eigenvalue weighted by molar-refractivity contribution is -0.126. The molecule has 0 aromatic carbocycles. The Morgan fingerprint density at radius 2 is 1.21 bits per heavy atom. The van der Waals surface area contributed by atoms with E-state index in [1.165, 1.54) is 57.8 Å². The van der Waals surface area contributed by atoms with Gasteiger partial charge in [-0.2, -0.15) is 9.90 Å². The molecule has 0 aliphatic carbocycles. The Morgan fingerprint density at radius 1 is 0.842 bits per heavy atom. The minimum atomic E-state index is -0.770. The lowest BCUT2D eigenvalue weighted by Gasteiger charge is -2.04. The van der Waals surface area contributed by atoms with Gasteiger partial charge in [-0.05, 0) is 13.3 Å². The van der Waals surface area contributed by atoms with Gasteiger partial charge in [0, 0.05) is 6.42 Å². The summed E-state index contributed by atoms with van der Waals surface area (Å²) in [6.45, 7) is 3.81. The zero-order valence-corrected chi connectivity index (χ0v) is 14.5. The highest BCUT2D eigenvalue weighted by molar-refractivity contribution is 6.92. The van der Waals surface area contributed by atoms with Crippen LogP contribution in [-0.4, -0.2) is 17.0 Å². The quantitative estimate of drug-likeness (QED) is 0.394. The number of aliphatic hydroxyl groups is 1. The van der Waals surface area contributed by atoms with Crippen molar-refractivity contribution in [3.8, 4) is 0 Å². The van der Waals surface area contributed by atoms with Crippen molar-refractivity contribution in [1.82, 2.24) is 0 Å². The summed E-state index contributed by atoms with van der Waals surface area (Å²) < 4.78 is 0. The van der Waals surface area contributed by atoms with E-state index in [1.807, 2.05) is 0 Å². The monoisotopic (exact) mass is 290 g/mol. The first-order chi connectivity index (χ1) is 8.68. The standard InChI is InChI=1S/C16H32O2.H3P/c1-3-4-5-6-7-8-9-10-11-12-13-14-16(18)15(2)17;/h15,17H,3-14H2,1-2H3;1H3. The minimum Gasteiger partial charge on any atom is -0.386 e. The van der Waals surface area contributed by atoms with Crippen molar-refractivity contribution in [3.63, 3.8) is 0 Å². The zero-order chi connectivity index (χ0) is 13.6. The second kappa shape index (κ2) is 16.1. The van der Waals surface area contributed by atoms with Gasteiger partial charge in [-0.3, -0.25) is 4.79 Å². The van der Waals surface area contributed by atoms with Gasteiger partial charge in [-0.1, -0.05) is 71.1 Å². The van der Waals surface area contributed by atoms with Crippen LogP contribution in [0, 0.1) is 0 Å². The van der Waals surface area contributed by atoms with Crippen LogP contribution in [0.5, 0.6) is 0 Å². The van der Waals surface area contributed by atoms with Crippen molar-refractivity contribution in [2.45, 2.75) is 97.0 Å². The average Bonchev–Trinajstić information content (AvgIpc) is 2.35. The molecule has 0 fully saturated rings. The molecule has 0 saturated carbocycles. The number of carbonyl (C=O) groups is 1. The molecule has 19 heavy (non-hydrogen) atoms. The number of hydrogen-bond donors (Lipinski definition) is 1. The molecular weight excluding hydrogens is 255 g/mol. The lowest BCUT2D eigenvalue weighted by atomic mass is 10.0. The third-order valence-electron chi connectivity index (χ3n) is 3.49. The van der Waals surface area contributed by atoms with E-state index in [0.29, 0.717) is 6.42 Å². The molecule has 0 aromatic rings. The maximum Gasteiger partial charge on any atom is 0.160 e. The minimum absolute atomic E-state index is 0. The van der Waals surface area contributed by atoms with E-state index in [-0.39, 0.29) is 15.7 Å². The van der Waals surface area contributed by atoms with Crippen molar-refractivity contribution in [2.24, 2.45) is 0 Å². The molecule has 2 nitrogen and oxygen atoms in total. The maximum absolute atomic E-state index is 11.2. The molecule has 0 rings (SSSR count). The first-order valence-corrected chi connectivity index (χ1v) is 7.89. The van der Waals surface area contributed by atoms with E-state index in [0.717, 1.165) is 12.8 Å². The predicted octanol–water partition coefficient (Wildman–Crippen LogP) is 4.70. The van der Waals surface area contributed by atoms with Crippen LogP contribution >= 0.6 is 9.90 Å². The molecule has 0 saturated heterocycles. The third-order valence-corrected chi connectivity index (χ3v) is 3.49. The second-order valence-electron chi connectivity index (χ2n) is 5.43. The van der Waals surface area contributed by atoms with Gasteiger partial charge in [0.1, 0.15) is 6.10 Å². The van der Waals surface area contributed by atoms with Crippen molar-refractivity contribution in [2.75, 3.05) is 0 Å². The number of rotatable bonds is 13. The summed E-state index contributed by atoms with van der Waals surface area (Å²) in [5, 5.41) is 9.03. The summed E-state index contributed by atoms with van der Waals surface area (Å²) in [5.41, 5.74) is 0. The van der Waals surface area contributed by atoms with E-state index in [1.54, 1.807) is 6.92 Å². The van der Waals surface area contributed by atoms with Crippen LogP contribution in [-0.2, 0) is 4.79 Å². The van der Waals surface area contributed by atoms with Gasteiger partial charge in [-0.25, -0.2) is 0 Å². The Bertz CT molecular complexity index is 193. The molecule has 0 radical (unpaired) electrons. The fourth-order valence-corrected chi connectivity index (χ4v) is 2.17. The summed E-state index contributed by atoms with van der Waals surface area (Å²) in [6, 6.07) is 0. The first kappa shape index (κ1) is 21.4. The molecule has 0 aliphatic heterocycles. The number of hydrogen-bond acceptors (Lipinski definition) is 2. The van der Waals surface area contributed by atoms with E-state index in [4.69, 9.17) is 5.11 Å². The van der Waals surface area contributed by atoms with Gasteiger partial charge in [0.15, 0.2) is 5.78 Å². The van der Waals surface area contributed by atoms with Crippen molar-refractivity contribution in [3.05, 3.63) is 0 Å². The molecule has 0 spiro atoms. The molecule has 0 bridgehead atoms. The van der Waals surface area contributed by atoms with Gasteiger partial charge in [0.25, 0.3) is 0 Å². The predicted molar refractivity (Wildman–Crippen MR) is 88.9 cm³/mol. The topological polar surface area (TPSA) is 37.3 Å². The average molecular weight is 290 g/mol.